The lowest BCUT2D eigenvalue weighted by molar-refractivity contribution is -0.142. The number of rotatable bonds is 6. The van der Waals surface area contributed by atoms with Crippen LogP contribution in [0.5, 0.6) is 0 Å². The third kappa shape index (κ3) is 3.62. The molecule has 0 radical (unpaired) electrons. The summed E-state index contributed by atoms with van der Waals surface area (Å²) in [5, 5.41) is 3.46. The molecule has 0 aliphatic rings. The number of aryl methyl sites for hydroxylation is 1. The molecule has 1 amide bonds. The number of esters is 1. The van der Waals surface area contributed by atoms with Gasteiger partial charge in [0.15, 0.2) is 0 Å². The summed E-state index contributed by atoms with van der Waals surface area (Å²) < 4.78 is 5.01. The Morgan fingerprint density at radius 1 is 1.29 bits per heavy atom. The van der Waals surface area contributed by atoms with Crippen molar-refractivity contribution in [3.05, 3.63) is 35.5 Å². The minimum atomic E-state index is -0.408. The van der Waals surface area contributed by atoms with Gasteiger partial charge in [0.05, 0.1) is 12.2 Å². The highest BCUT2D eigenvalue weighted by molar-refractivity contribution is 6.08. The largest absolute Gasteiger partial charge is 0.464 e. The van der Waals surface area contributed by atoms with Crippen LogP contribution in [-0.2, 0) is 9.53 Å². The molecule has 21 heavy (non-hydrogen) atoms. The lowest BCUT2D eigenvalue weighted by Crippen LogP contribution is -2.31. The van der Waals surface area contributed by atoms with E-state index in [1.165, 1.54) is 0 Å². The van der Waals surface area contributed by atoms with E-state index in [9.17, 15) is 9.59 Å². The van der Waals surface area contributed by atoms with Crippen LogP contribution < -0.4 is 5.32 Å². The van der Waals surface area contributed by atoms with Gasteiger partial charge in [0.2, 0.25) is 0 Å². The first kappa shape index (κ1) is 15.1. The van der Waals surface area contributed by atoms with Gasteiger partial charge in [0, 0.05) is 16.6 Å². The highest BCUT2D eigenvalue weighted by Gasteiger charge is 2.16. The number of hydrogen-bond acceptors (Lipinski definition) is 3. The van der Waals surface area contributed by atoms with Crippen molar-refractivity contribution in [2.45, 2.75) is 26.7 Å². The first-order valence-electron chi connectivity index (χ1n) is 7.14. The van der Waals surface area contributed by atoms with Crippen LogP contribution in [0.25, 0.3) is 10.9 Å². The normalized spacial score (nSPS) is 10.6. The smallest absolute Gasteiger partial charge is 0.325 e. The Morgan fingerprint density at radius 3 is 2.81 bits per heavy atom. The molecule has 0 unspecified atom stereocenters. The number of unbranched alkanes of at least 4 members (excludes halogenated alkanes) is 1. The molecule has 2 rings (SSSR count). The summed E-state index contributed by atoms with van der Waals surface area (Å²) in [5.41, 5.74) is 2.27. The van der Waals surface area contributed by atoms with Crippen LogP contribution in [0.4, 0.5) is 0 Å². The van der Waals surface area contributed by atoms with Crippen molar-refractivity contribution >= 4 is 22.8 Å². The van der Waals surface area contributed by atoms with E-state index in [1.807, 2.05) is 38.1 Å². The van der Waals surface area contributed by atoms with Crippen LogP contribution in [0.3, 0.4) is 0 Å². The van der Waals surface area contributed by atoms with Crippen LogP contribution in [0.2, 0.25) is 0 Å². The zero-order chi connectivity index (χ0) is 15.2. The zero-order valence-corrected chi connectivity index (χ0v) is 12.4. The van der Waals surface area contributed by atoms with Gasteiger partial charge in [-0.2, -0.15) is 0 Å². The summed E-state index contributed by atoms with van der Waals surface area (Å²) in [6.45, 7) is 4.16. The quantitative estimate of drug-likeness (QED) is 0.634. The molecule has 1 aromatic carbocycles. The molecule has 5 heteroatoms. The molecule has 1 aromatic heterocycles. The SMILES string of the molecule is CCCCOC(=O)CNC(=O)c1c(C)[nH]c2ccccc12. The van der Waals surface area contributed by atoms with Gasteiger partial charge in [0.1, 0.15) is 6.54 Å². The highest BCUT2D eigenvalue weighted by Crippen LogP contribution is 2.21. The summed E-state index contributed by atoms with van der Waals surface area (Å²) >= 11 is 0. The van der Waals surface area contributed by atoms with E-state index in [0.717, 1.165) is 29.4 Å². The van der Waals surface area contributed by atoms with Gasteiger partial charge in [-0.05, 0) is 19.4 Å². The van der Waals surface area contributed by atoms with E-state index in [4.69, 9.17) is 4.74 Å². The number of carbonyl (C=O) groups is 2. The number of hydrogen-bond donors (Lipinski definition) is 2. The molecule has 1 heterocycles. The van der Waals surface area contributed by atoms with Gasteiger partial charge in [-0.1, -0.05) is 31.5 Å². The number of aromatic nitrogens is 1. The van der Waals surface area contributed by atoms with Gasteiger partial charge in [-0.25, -0.2) is 0 Å². The summed E-state index contributed by atoms with van der Waals surface area (Å²) in [6.07, 6.45) is 1.80. The summed E-state index contributed by atoms with van der Waals surface area (Å²) in [7, 11) is 0. The number of ether oxygens (including phenoxy) is 1. The predicted molar refractivity (Wildman–Crippen MR) is 81.2 cm³/mol. The molecular formula is C16H20N2O3. The standard InChI is InChI=1S/C16H20N2O3/c1-3-4-9-21-14(19)10-17-16(20)15-11(2)18-13-8-6-5-7-12(13)15/h5-8,18H,3-4,9-10H2,1-2H3,(H,17,20). The molecule has 0 saturated carbocycles. The number of carbonyl (C=O) groups excluding carboxylic acids is 2. The Labute approximate surface area is 123 Å². The first-order chi connectivity index (χ1) is 10.1. The van der Waals surface area contributed by atoms with Gasteiger partial charge >= 0.3 is 5.97 Å². The van der Waals surface area contributed by atoms with E-state index >= 15 is 0 Å². The Balaban J connectivity index is 1.99. The van der Waals surface area contributed by atoms with Gasteiger partial charge in [-0.3, -0.25) is 9.59 Å². The van der Waals surface area contributed by atoms with E-state index in [1.54, 1.807) is 0 Å². The number of nitrogens with one attached hydrogen (secondary N) is 2. The van der Waals surface area contributed by atoms with Crippen LogP contribution in [-0.4, -0.2) is 30.0 Å². The molecule has 112 valence electrons. The maximum Gasteiger partial charge on any atom is 0.325 e. The summed E-state index contributed by atoms with van der Waals surface area (Å²) in [6, 6.07) is 7.59. The van der Waals surface area contributed by atoms with Crippen molar-refractivity contribution < 1.29 is 14.3 Å². The highest BCUT2D eigenvalue weighted by atomic mass is 16.5. The molecule has 0 bridgehead atoms. The lowest BCUT2D eigenvalue weighted by atomic mass is 10.1. The van der Waals surface area contributed by atoms with Crippen LogP contribution >= 0.6 is 0 Å². The minimum Gasteiger partial charge on any atom is -0.464 e. The number of amides is 1. The second-order valence-electron chi connectivity index (χ2n) is 4.93. The number of para-hydroxylation sites is 1. The fourth-order valence-corrected chi connectivity index (χ4v) is 2.19. The van der Waals surface area contributed by atoms with Crippen molar-refractivity contribution in [3.63, 3.8) is 0 Å². The van der Waals surface area contributed by atoms with Crippen molar-refractivity contribution in [2.75, 3.05) is 13.2 Å². The molecule has 5 nitrogen and oxygen atoms in total. The first-order valence-corrected chi connectivity index (χ1v) is 7.14. The molecule has 2 N–H and O–H groups in total. The maximum absolute atomic E-state index is 12.2. The van der Waals surface area contributed by atoms with Gasteiger partial charge in [0.25, 0.3) is 5.91 Å². The monoisotopic (exact) mass is 288 g/mol. The van der Waals surface area contributed by atoms with E-state index < -0.39 is 5.97 Å². The molecule has 0 spiro atoms. The molecule has 0 aliphatic carbocycles. The number of fused-ring (bicyclic) bond motifs is 1. The molecule has 0 atom stereocenters. The fraction of sp³-hybridized carbons (Fsp3) is 0.375. The zero-order valence-electron chi connectivity index (χ0n) is 12.4. The summed E-state index contributed by atoms with van der Waals surface area (Å²) in [4.78, 5) is 26.9. The van der Waals surface area contributed by atoms with Crippen molar-refractivity contribution in [1.29, 1.82) is 0 Å². The third-order valence-electron chi connectivity index (χ3n) is 3.27. The molecular weight excluding hydrogens is 268 g/mol. The Kier molecular flexibility index (Phi) is 4.98. The van der Waals surface area contributed by atoms with E-state index in [2.05, 4.69) is 10.3 Å². The molecule has 0 saturated heterocycles. The summed E-state index contributed by atoms with van der Waals surface area (Å²) in [5.74, 6) is -0.674. The minimum absolute atomic E-state index is 0.110. The maximum atomic E-state index is 12.2. The Hall–Kier alpha value is -2.30. The number of benzene rings is 1. The van der Waals surface area contributed by atoms with Crippen molar-refractivity contribution in [2.24, 2.45) is 0 Å². The number of H-pyrrole nitrogens is 1. The average molecular weight is 288 g/mol. The second kappa shape index (κ2) is 6.92. The van der Waals surface area contributed by atoms with Crippen LogP contribution in [0, 0.1) is 6.92 Å². The molecule has 0 fully saturated rings. The van der Waals surface area contributed by atoms with Crippen molar-refractivity contribution in [3.8, 4) is 0 Å². The Bertz CT molecular complexity index is 646. The predicted octanol–water partition coefficient (Wildman–Crippen LogP) is 2.55. The third-order valence-corrected chi connectivity index (χ3v) is 3.27. The van der Waals surface area contributed by atoms with Crippen molar-refractivity contribution in [1.82, 2.24) is 10.3 Å². The lowest BCUT2D eigenvalue weighted by Gasteiger charge is -2.06. The Morgan fingerprint density at radius 2 is 2.05 bits per heavy atom. The van der Waals surface area contributed by atoms with Crippen LogP contribution in [0.15, 0.2) is 24.3 Å². The second-order valence-corrected chi connectivity index (χ2v) is 4.93. The van der Waals surface area contributed by atoms with Crippen LogP contribution in [0.1, 0.15) is 35.8 Å². The fourth-order valence-electron chi connectivity index (χ4n) is 2.19. The molecule has 0 aliphatic heterocycles. The molecule has 2 aromatic rings. The number of aromatic amines is 1. The average Bonchev–Trinajstić information content (AvgIpc) is 2.81. The van der Waals surface area contributed by atoms with Gasteiger partial charge in [-0.15, -0.1) is 0 Å². The van der Waals surface area contributed by atoms with E-state index in [-0.39, 0.29) is 12.5 Å². The van der Waals surface area contributed by atoms with E-state index in [0.29, 0.717) is 12.2 Å². The van der Waals surface area contributed by atoms with Gasteiger partial charge < -0.3 is 15.0 Å². The topological polar surface area (TPSA) is 71.2 Å².